The van der Waals surface area contributed by atoms with E-state index in [9.17, 15) is 19.2 Å². The molecule has 0 radical (unpaired) electrons. The van der Waals surface area contributed by atoms with Crippen LogP contribution in [0.15, 0.2) is 78.3 Å². The molecule has 16 nitrogen and oxygen atoms in total. The lowest BCUT2D eigenvalue weighted by Gasteiger charge is -2.27. The van der Waals surface area contributed by atoms with Crippen LogP contribution in [0.5, 0.6) is 34.5 Å². The molecule has 16 heteroatoms. The number of hydrogen-bond acceptors (Lipinski definition) is 16. The second kappa shape index (κ2) is 20.2. The van der Waals surface area contributed by atoms with Gasteiger partial charge in [0, 0.05) is 30.7 Å². The maximum absolute atomic E-state index is 13.8. The molecule has 0 aromatic heterocycles. The van der Waals surface area contributed by atoms with Gasteiger partial charge in [0.05, 0.1) is 79.5 Å². The molecule has 300 valence electrons. The summed E-state index contributed by atoms with van der Waals surface area (Å²) in [6.45, 7) is -1.34. The van der Waals surface area contributed by atoms with Gasteiger partial charge in [0.1, 0.15) is 59.2 Å². The van der Waals surface area contributed by atoms with E-state index in [0.717, 1.165) is 0 Å². The number of carbonyl (C=O) groups excluding carboxylic acids is 4. The smallest absolute Gasteiger partial charge is 0.338 e. The van der Waals surface area contributed by atoms with E-state index in [0.29, 0.717) is 23.0 Å². The summed E-state index contributed by atoms with van der Waals surface area (Å²) in [5.74, 6) is -1.82. The van der Waals surface area contributed by atoms with E-state index in [-0.39, 0.29) is 46.1 Å². The van der Waals surface area contributed by atoms with Gasteiger partial charge in [0.25, 0.3) is 0 Å². The Morgan fingerprint density at radius 1 is 0.500 bits per heavy atom. The molecule has 3 aromatic rings. The van der Waals surface area contributed by atoms with Gasteiger partial charge in [-0.1, -0.05) is 0 Å². The number of esters is 4. The minimum absolute atomic E-state index is 0.0181. The van der Waals surface area contributed by atoms with Crippen LogP contribution in [0.3, 0.4) is 0 Å². The lowest BCUT2D eigenvalue weighted by Crippen LogP contribution is -2.43. The molecule has 0 aliphatic heterocycles. The number of methoxy groups -OCH3 is 8. The first kappa shape index (κ1) is 42.2. The molecule has 0 amide bonds. The predicted octanol–water partition coefficient (Wildman–Crippen LogP) is 4.97. The van der Waals surface area contributed by atoms with Crippen LogP contribution >= 0.6 is 0 Å². The number of benzene rings is 3. The summed E-state index contributed by atoms with van der Waals surface area (Å²) in [7, 11) is 11.3. The second-order valence-electron chi connectivity index (χ2n) is 11.8. The maximum Gasteiger partial charge on any atom is 0.338 e. The van der Waals surface area contributed by atoms with E-state index in [1.807, 2.05) is 0 Å². The molecule has 0 heterocycles. The molecule has 3 aromatic carbocycles. The van der Waals surface area contributed by atoms with E-state index < -0.39 is 55.2 Å². The third-order valence-electron chi connectivity index (χ3n) is 8.35. The zero-order chi connectivity index (χ0) is 40.8. The van der Waals surface area contributed by atoms with Gasteiger partial charge in [-0.2, -0.15) is 0 Å². The fourth-order valence-corrected chi connectivity index (χ4v) is 5.29. The molecule has 1 aliphatic rings. The molecule has 0 N–H and O–H groups in total. The van der Waals surface area contributed by atoms with Gasteiger partial charge in [-0.3, -0.25) is 4.79 Å². The van der Waals surface area contributed by atoms with Gasteiger partial charge >= 0.3 is 23.9 Å². The molecule has 0 saturated carbocycles. The molecule has 1 aliphatic carbocycles. The SMILES string of the molecule is COC1=CC(C(=O)OCC(OC(=O)c2cc(OC)cc(OC)c2)C(COC(=O)c2cc(OC)cc(OC)c2)OC(=O)c2cc(OC)cc(OC)c2)CC(OC)=C1. The van der Waals surface area contributed by atoms with Crippen molar-refractivity contribution in [1.82, 2.24) is 0 Å². The van der Waals surface area contributed by atoms with Gasteiger partial charge in [0.2, 0.25) is 0 Å². The Kier molecular flexibility index (Phi) is 15.2. The van der Waals surface area contributed by atoms with Crippen LogP contribution in [0, 0.1) is 5.92 Å². The number of hydrogen-bond donors (Lipinski definition) is 0. The fourth-order valence-electron chi connectivity index (χ4n) is 5.29. The van der Waals surface area contributed by atoms with Crippen LogP contribution in [0.25, 0.3) is 0 Å². The molecule has 0 saturated heterocycles. The Morgan fingerprint density at radius 2 is 0.875 bits per heavy atom. The normalized spacial score (nSPS) is 14.3. The Labute approximate surface area is 323 Å². The monoisotopic (exact) mass is 780 g/mol. The standard InChI is InChI=1S/C40H44O16/c1-45-27-9-23(10-28(17-27)46-2)37(41)53-21-35(55-39(43)25-13-31(49-5)19-32(14-25)50-6)36(56-40(44)26-15-33(51-7)20-34(16-26)52-8)22-54-38(42)24-11-29(47-3)18-30(12-24)48-4/h9-11,13-20,24,35-36H,12,21-22H2,1-8H3. The number of allylic oxidation sites excluding steroid dienone is 2. The first-order valence-corrected chi connectivity index (χ1v) is 16.9. The van der Waals surface area contributed by atoms with E-state index in [2.05, 4.69) is 0 Å². The molecule has 0 bridgehead atoms. The molecule has 3 atom stereocenters. The third kappa shape index (κ3) is 11.2. The van der Waals surface area contributed by atoms with E-state index in [1.165, 1.54) is 93.3 Å². The predicted molar refractivity (Wildman–Crippen MR) is 197 cm³/mol. The maximum atomic E-state index is 13.8. The summed E-state index contributed by atoms with van der Waals surface area (Å²) in [6, 6.07) is 13.1. The van der Waals surface area contributed by atoms with Crippen molar-refractivity contribution in [3.8, 4) is 34.5 Å². The van der Waals surface area contributed by atoms with Gasteiger partial charge < -0.3 is 56.8 Å². The Morgan fingerprint density at radius 3 is 1.23 bits per heavy atom. The highest BCUT2D eigenvalue weighted by Gasteiger charge is 2.35. The summed E-state index contributed by atoms with van der Waals surface area (Å²) >= 11 is 0. The van der Waals surface area contributed by atoms with Crippen LogP contribution in [-0.2, 0) is 33.2 Å². The lowest BCUT2D eigenvalue weighted by molar-refractivity contribution is -0.153. The molecular formula is C40H44O16. The van der Waals surface area contributed by atoms with Crippen molar-refractivity contribution in [2.45, 2.75) is 18.6 Å². The van der Waals surface area contributed by atoms with Crippen LogP contribution in [0.2, 0.25) is 0 Å². The van der Waals surface area contributed by atoms with E-state index in [1.54, 1.807) is 30.4 Å². The molecule has 0 spiro atoms. The zero-order valence-corrected chi connectivity index (χ0v) is 32.2. The summed E-state index contributed by atoms with van der Waals surface area (Å²) < 4.78 is 65.6. The van der Waals surface area contributed by atoms with Crippen LogP contribution in [-0.4, -0.2) is 106 Å². The highest BCUT2D eigenvalue weighted by atomic mass is 16.6. The van der Waals surface area contributed by atoms with Gasteiger partial charge in [-0.15, -0.1) is 0 Å². The van der Waals surface area contributed by atoms with Crippen LogP contribution < -0.4 is 28.4 Å². The summed E-state index contributed by atoms with van der Waals surface area (Å²) in [5, 5.41) is 0. The van der Waals surface area contributed by atoms with Crippen molar-refractivity contribution in [2.75, 3.05) is 70.1 Å². The van der Waals surface area contributed by atoms with E-state index >= 15 is 0 Å². The molecular weight excluding hydrogens is 736 g/mol. The topological polar surface area (TPSA) is 179 Å². The Hall–Kier alpha value is -6.58. The number of ether oxygens (including phenoxy) is 12. The minimum atomic E-state index is -1.58. The van der Waals surface area contributed by atoms with Crippen molar-refractivity contribution in [1.29, 1.82) is 0 Å². The average Bonchev–Trinajstić information content (AvgIpc) is 3.24. The van der Waals surface area contributed by atoms with E-state index in [4.69, 9.17) is 56.8 Å². The molecule has 0 fully saturated rings. The first-order chi connectivity index (χ1) is 27.0. The fraction of sp³-hybridized carbons (Fsp3) is 0.350. The highest BCUT2D eigenvalue weighted by Crippen LogP contribution is 2.28. The first-order valence-electron chi connectivity index (χ1n) is 16.9. The van der Waals surface area contributed by atoms with Crippen molar-refractivity contribution in [3.63, 3.8) is 0 Å². The zero-order valence-electron chi connectivity index (χ0n) is 32.2. The highest BCUT2D eigenvalue weighted by molar-refractivity contribution is 5.92. The average molecular weight is 781 g/mol. The van der Waals surface area contributed by atoms with Crippen molar-refractivity contribution < 1.29 is 76.0 Å². The van der Waals surface area contributed by atoms with Crippen molar-refractivity contribution in [3.05, 3.63) is 95.0 Å². The summed E-state index contributed by atoms with van der Waals surface area (Å²) in [6.07, 6.45) is 0.178. The third-order valence-corrected chi connectivity index (χ3v) is 8.35. The largest absolute Gasteiger partial charge is 0.501 e. The van der Waals surface area contributed by atoms with Crippen molar-refractivity contribution in [2.24, 2.45) is 5.92 Å². The van der Waals surface area contributed by atoms with Gasteiger partial charge in [-0.25, -0.2) is 14.4 Å². The summed E-state index contributed by atoms with van der Waals surface area (Å²) in [4.78, 5) is 54.5. The Balaban J connectivity index is 1.73. The van der Waals surface area contributed by atoms with Crippen LogP contribution in [0.4, 0.5) is 0 Å². The number of carbonyl (C=O) groups is 4. The second-order valence-corrected chi connectivity index (χ2v) is 11.8. The molecule has 56 heavy (non-hydrogen) atoms. The quantitative estimate of drug-likeness (QED) is 0.117. The van der Waals surface area contributed by atoms with Crippen molar-refractivity contribution >= 4 is 23.9 Å². The minimum Gasteiger partial charge on any atom is -0.501 e. The number of rotatable bonds is 19. The molecule has 3 unspecified atom stereocenters. The lowest BCUT2D eigenvalue weighted by atomic mass is 9.98. The molecule has 4 rings (SSSR count). The van der Waals surface area contributed by atoms with Gasteiger partial charge in [-0.05, 0) is 42.5 Å². The Bertz CT molecular complexity index is 1870. The summed E-state index contributed by atoms with van der Waals surface area (Å²) in [5.41, 5.74) is -0.00398. The van der Waals surface area contributed by atoms with Crippen LogP contribution in [0.1, 0.15) is 37.5 Å². The van der Waals surface area contributed by atoms with Gasteiger partial charge in [0.15, 0.2) is 12.2 Å².